The number of benzene rings is 1. The maximum atomic E-state index is 6.06. The standard InChI is InChI=1S/C14H19N3O/c1-3-14(7-8-14)9-17-10-5-4-6-11(18-2)12(10)16-13(17)15/h4-6H,3,7-9H2,1-2H3,(H2,15,16). The lowest BCUT2D eigenvalue weighted by atomic mass is 10.0. The number of imidazole rings is 1. The second-order valence-electron chi connectivity index (χ2n) is 5.24. The van der Waals surface area contributed by atoms with Crippen LogP contribution in [0.15, 0.2) is 18.2 Å². The van der Waals surface area contributed by atoms with E-state index in [9.17, 15) is 0 Å². The zero-order valence-electron chi connectivity index (χ0n) is 10.9. The lowest BCUT2D eigenvalue weighted by Gasteiger charge is -2.15. The highest BCUT2D eigenvalue weighted by atomic mass is 16.5. The molecule has 0 bridgehead atoms. The van der Waals surface area contributed by atoms with Gasteiger partial charge in [-0.2, -0.15) is 0 Å². The molecule has 0 atom stereocenters. The Labute approximate surface area is 107 Å². The van der Waals surface area contributed by atoms with Crippen LogP contribution in [0.1, 0.15) is 26.2 Å². The molecule has 4 heteroatoms. The van der Waals surface area contributed by atoms with Crippen molar-refractivity contribution in [3.8, 4) is 5.75 Å². The summed E-state index contributed by atoms with van der Waals surface area (Å²) >= 11 is 0. The fraction of sp³-hybridized carbons (Fsp3) is 0.500. The maximum Gasteiger partial charge on any atom is 0.201 e. The first-order valence-electron chi connectivity index (χ1n) is 6.48. The van der Waals surface area contributed by atoms with E-state index >= 15 is 0 Å². The number of nitrogens with two attached hydrogens (primary N) is 1. The van der Waals surface area contributed by atoms with Gasteiger partial charge < -0.3 is 15.0 Å². The highest BCUT2D eigenvalue weighted by Crippen LogP contribution is 2.50. The van der Waals surface area contributed by atoms with Crippen LogP contribution in [0.4, 0.5) is 5.95 Å². The molecule has 96 valence electrons. The fourth-order valence-electron chi connectivity index (χ4n) is 2.61. The number of methoxy groups -OCH3 is 1. The predicted molar refractivity (Wildman–Crippen MR) is 72.7 cm³/mol. The highest BCUT2D eigenvalue weighted by Gasteiger charge is 2.41. The van der Waals surface area contributed by atoms with Crippen molar-refractivity contribution in [2.24, 2.45) is 5.41 Å². The van der Waals surface area contributed by atoms with E-state index in [0.29, 0.717) is 11.4 Å². The third-order valence-corrected chi connectivity index (χ3v) is 4.19. The fourth-order valence-corrected chi connectivity index (χ4v) is 2.61. The van der Waals surface area contributed by atoms with Crippen molar-refractivity contribution < 1.29 is 4.74 Å². The first kappa shape index (κ1) is 11.4. The zero-order valence-corrected chi connectivity index (χ0v) is 10.9. The van der Waals surface area contributed by atoms with Crippen LogP contribution in [-0.2, 0) is 6.54 Å². The average molecular weight is 245 g/mol. The van der Waals surface area contributed by atoms with Gasteiger partial charge >= 0.3 is 0 Å². The molecular formula is C14H19N3O. The molecule has 0 radical (unpaired) electrons. The number of nitrogen functional groups attached to an aromatic ring is 1. The van der Waals surface area contributed by atoms with Gasteiger partial charge in [0.05, 0.1) is 12.6 Å². The Morgan fingerprint density at radius 2 is 2.22 bits per heavy atom. The Balaban J connectivity index is 2.09. The van der Waals surface area contributed by atoms with E-state index in [2.05, 4.69) is 22.5 Å². The van der Waals surface area contributed by atoms with Gasteiger partial charge in [-0.1, -0.05) is 13.0 Å². The molecular weight excluding hydrogens is 226 g/mol. The summed E-state index contributed by atoms with van der Waals surface area (Å²) in [6.45, 7) is 3.22. The molecule has 1 aliphatic rings. The molecule has 2 aromatic rings. The Kier molecular flexibility index (Phi) is 2.47. The summed E-state index contributed by atoms with van der Waals surface area (Å²) < 4.78 is 7.47. The molecule has 0 saturated heterocycles. The van der Waals surface area contributed by atoms with Crippen LogP contribution in [0, 0.1) is 5.41 Å². The number of nitrogens with zero attached hydrogens (tertiary/aromatic N) is 2. The lowest BCUT2D eigenvalue weighted by Crippen LogP contribution is -2.12. The summed E-state index contributed by atoms with van der Waals surface area (Å²) in [5, 5.41) is 0. The molecule has 0 spiro atoms. The van der Waals surface area contributed by atoms with Gasteiger partial charge in [-0.15, -0.1) is 0 Å². The summed E-state index contributed by atoms with van der Waals surface area (Å²) in [5.74, 6) is 1.38. The average Bonchev–Trinajstić information content (AvgIpc) is 3.10. The predicted octanol–water partition coefficient (Wildman–Crippen LogP) is 2.82. The topological polar surface area (TPSA) is 53.1 Å². The van der Waals surface area contributed by atoms with Crippen LogP contribution in [0.3, 0.4) is 0 Å². The van der Waals surface area contributed by atoms with E-state index in [1.807, 2.05) is 12.1 Å². The molecule has 1 aromatic carbocycles. The summed E-state index contributed by atoms with van der Waals surface area (Å²) in [6.07, 6.45) is 3.80. The number of hydrogen-bond acceptors (Lipinski definition) is 3. The Morgan fingerprint density at radius 3 is 2.83 bits per heavy atom. The number of aromatic nitrogens is 2. The van der Waals surface area contributed by atoms with Crippen LogP contribution in [-0.4, -0.2) is 16.7 Å². The SMILES string of the molecule is CCC1(Cn2c(N)nc3c(OC)cccc32)CC1. The smallest absolute Gasteiger partial charge is 0.201 e. The molecule has 1 saturated carbocycles. The van der Waals surface area contributed by atoms with Crippen molar-refractivity contribution in [3.05, 3.63) is 18.2 Å². The van der Waals surface area contributed by atoms with E-state index in [1.165, 1.54) is 19.3 Å². The maximum absolute atomic E-state index is 6.06. The number of para-hydroxylation sites is 1. The number of fused-ring (bicyclic) bond motifs is 1. The molecule has 3 rings (SSSR count). The summed E-state index contributed by atoms with van der Waals surface area (Å²) in [4.78, 5) is 4.45. The molecule has 18 heavy (non-hydrogen) atoms. The molecule has 1 fully saturated rings. The van der Waals surface area contributed by atoms with E-state index in [-0.39, 0.29) is 0 Å². The van der Waals surface area contributed by atoms with E-state index in [0.717, 1.165) is 23.3 Å². The van der Waals surface area contributed by atoms with Crippen LogP contribution < -0.4 is 10.5 Å². The minimum absolute atomic E-state index is 0.449. The number of anilines is 1. The van der Waals surface area contributed by atoms with Crippen molar-refractivity contribution >= 4 is 17.0 Å². The lowest BCUT2D eigenvalue weighted by molar-refractivity contribution is 0.416. The summed E-state index contributed by atoms with van der Waals surface area (Å²) in [7, 11) is 1.67. The minimum atomic E-state index is 0.449. The summed E-state index contributed by atoms with van der Waals surface area (Å²) in [6, 6.07) is 5.98. The van der Waals surface area contributed by atoms with Crippen molar-refractivity contribution in [2.75, 3.05) is 12.8 Å². The second kappa shape index (κ2) is 3.90. The van der Waals surface area contributed by atoms with Gasteiger partial charge in [-0.05, 0) is 36.8 Å². The second-order valence-corrected chi connectivity index (χ2v) is 5.24. The van der Waals surface area contributed by atoms with Gasteiger partial charge in [-0.25, -0.2) is 4.98 Å². The highest BCUT2D eigenvalue weighted by molar-refractivity contribution is 5.84. The summed E-state index contributed by atoms with van der Waals surface area (Å²) in [5.41, 5.74) is 8.45. The third-order valence-electron chi connectivity index (χ3n) is 4.19. The Bertz CT molecular complexity index is 584. The van der Waals surface area contributed by atoms with Crippen molar-refractivity contribution in [3.63, 3.8) is 0 Å². The van der Waals surface area contributed by atoms with Crippen molar-refractivity contribution in [1.29, 1.82) is 0 Å². The van der Waals surface area contributed by atoms with Gasteiger partial charge in [0.2, 0.25) is 5.95 Å². The monoisotopic (exact) mass is 245 g/mol. The first-order chi connectivity index (χ1) is 8.69. The van der Waals surface area contributed by atoms with Gasteiger partial charge in [0.25, 0.3) is 0 Å². The van der Waals surface area contributed by atoms with Gasteiger partial charge in [0, 0.05) is 6.54 Å². The normalized spacial score (nSPS) is 17.0. The number of hydrogen-bond donors (Lipinski definition) is 1. The van der Waals surface area contributed by atoms with E-state index < -0.39 is 0 Å². The zero-order chi connectivity index (χ0) is 12.8. The van der Waals surface area contributed by atoms with Crippen LogP contribution >= 0.6 is 0 Å². The minimum Gasteiger partial charge on any atom is -0.494 e. The Hall–Kier alpha value is -1.71. The largest absolute Gasteiger partial charge is 0.494 e. The van der Waals surface area contributed by atoms with Crippen molar-refractivity contribution in [2.45, 2.75) is 32.7 Å². The van der Waals surface area contributed by atoms with E-state index in [4.69, 9.17) is 10.5 Å². The number of ether oxygens (including phenoxy) is 1. The van der Waals surface area contributed by atoms with Gasteiger partial charge in [0.1, 0.15) is 11.3 Å². The van der Waals surface area contributed by atoms with Crippen molar-refractivity contribution in [1.82, 2.24) is 9.55 Å². The quantitative estimate of drug-likeness (QED) is 0.901. The van der Waals surface area contributed by atoms with Crippen LogP contribution in [0.2, 0.25) is 0 Å². The molecule has 1 aromatic heterocycles. The first-order valence-corrected chi connectivity index (χ1v) is 6.48. The third kappa shape index (κ3) is 1.64. The number of rotatable bonds is 4. The molecule has 2 N–H and O–H groups in total. The van der Waals surface area contributed by atoms with Crippen LogP contribution in [0.5, 0.6) is 5.75 Å². The van der Waals surface area contributed by atoms with Crippen LogP contribution in [0.25, 0.3) is 11.0 Å². The molecule has 0 aliphatic heterocycles. The van der Waals surface area contributed by atoms with Gasteiger partial charge in [0.15, 0.2) is 0 Å². The molecule has 0 amide bonds. The molecule has 1 aliphatic carbocycles. The molecule has 0 unspecified atom stereocenters. The van der Waals surface area contributed by atoms with E-state index in [1.54, 1.807) is 7.11 Å². The Morgan fingerprint density at radius 1 is 1.44 bits per heavy atom. The van der Waals surface area contributed by atoms with Gasteiger partial charge in [-0.3, -0.25) is 0 Å². The molecule has 1 heterocycles. The molecule has 4 nitrogen and oxygen atoms in total.